The van der Waals surface area contributed by atoms with Gasteiger partial charge in [0.15, 0.2) is 0 Å². The largest absolute Gasteiger partial charge is 0.369 e. The summed E-state index contributed by atoms with van der Waals surface area (Å²) in [5.41, 5.74) is 7.31. The first-order valence-electron chi connectivity index (χ1n) is 7.37. The highest BCUT2D eigenvalue weighted by Crippen LogP contribution is 2.26. The quantitative estimate of drug-likeness (QED) is 0.942. The molecule has 0 radical (unpaired) electrons. The van der Waals surface area contributed by atoms with Crippen LogP contribution in [0.1, 0.15) is 25.7 Å². The molecule has 0 atom stereocenters. The van der Waals surface area contributed by atoms with Gasteiger partial charge in [-0.25, -0.2) is 9.37 Å². The van der Waals surface area contributed by atoms with Crippen molar-refractivity contribution in [3.63, 3.8) is 0 Å². The summed E-state index contributed by atoms with van der Waals surface area (Å²) < 4.78 is 15.4. The maximum atomic E-state index is 13.5. The van der Waals surface area contributed by atoms with Gasteiger partial charge in [-0.3, -0.25) is 0 Å². The highest BCUT2D eigenvalue weighted by molar-refractivity contribution is 6.31. The van der Waals surface area contributed by atoms with Gasteiger partial charge in [-0.2, -0.15) is 0 Å². The van der Waals surface area contributed by atoms with E-state index < -0.39 is 5.82 Å². The Bertz CT molecular complexity index is 649. The van der Waals surface area contributed by atoms with Gasteiger partial charge in [0.25, 0.3) is 0 Å². The van der Waals surface area contributed by atoms with Gasteiger partial charge < -0.3 is 15.2 Å². The number of benzene rings is 1. The Kier molecular flexibility index (Phi) is 4.04. The van der Waals surface area contributed by atoms with E-state index in [0.29, 0.717) is 17.5 Å². The molecule has 0 bridgehead atoms. The number of anilines is 1. The maximum Gasteiger partial charge on any atom is 0.201 e. The predicted molar refractivity (Wildman–Crippen MR) is 84.0 cm³/mol. The van der Waals surface area contributed by atoms with Crippen LogP contribution in [0.4, 0.5) is 10.3 Å². The van der Waals surface area contributed by atoms with Crippen LogP contribution in [-0.2, 0) is 6.54 Å². The van der Waals surface area contributed by atoms with E-state index in [1.807, 2.05) is 4.57 Å². The molecule has 0 spiro atoms. The summed E-state index contributed by atoms with van der Waals surface area (Å²) >= 11 is 5.87. The highest BCUT2D eigenvalue weighted by Gasteiger charge is 2.20. The normalized spacial score (nSPS) is 16.4. The number of hydrogen-bond acceptors (Lipinski definition) is 3. The molecule has 4 nitrogen and oxygen atoms in total. The fourth-order valence-corrected chi connectivity index (χ4v) is 3.32. The first kappa shape index (κ1) is 14.6. The summed E-state index contributed by atoms with van der Waals surface area (Å²) in [6, 6.07) is 3.61. The van der Waals surface area contributed by atoms with Gasteiger partial charge in [-0.05, 0) is 26.0 Å². The molecule has 6 heteroatoms. The molecule has 1 aromatic heterocycles. The zero-order chi connectivity index (χ0) is 15.0. The number of nitrogens with zero attached hydrogens (tertiary/aromatic N) is 3. The van der Waals surface area contributed by atoms with Gasteiger partial charge in [0, 0.05) is 25.2 Å². The van der Waals surface area contributed by atoms with Crippen molar-refractivity contribution in [1.29, 1.82) is 0 Å². The van der Waals surface area contributed by atoms with Crippen molar-refractivity contribution in [2.45, 2.75) is 38.3 Å². The van der Waals surface area contributed by atoms with Gasteiger partial charge in [0.1, 0.15) is 5.82 Å². The van der Waals surface area contributed by atoms with E-state index in [1.54, 1.807) is 6.07 Å². The number of aromatic nitrogens is 2. The van der Waals surface area contributed by atoms with Crippen LogP contribution in [0.2, 0.25) is 5.02 Å². The predicted octanol–water partition coefficient (Wildman–Crippen LogP) is 3.29. The SMILES string of the molecule is CN(CCn1c(N)nc2cc(F)c(Cl)cc21)C1CCCC1. The lowest BCUT2D eigenvalue weighted by Gasteiger charge is -2.24. The maximum absolute atomic E-state index is 13.5. The molecule has 1 saturated carbocycles. The highest BCUT2D eigenvalue weighted by atomic mass is 35.5. The summed E-state index contributed by atoms with van der Waals surface area (Å²) in [4.78, 5) is 6.59. The molecule has 2 aromatic rings. The van der Waals surface area contributed by atoms with E-state index in [0.717, 1.165) is 18.6 Å². The standard InChI is InChI=1S/C15H20ClFN4/c1-20(10-4-2-3-5-10)6-7-21-14-8-11(16)12(17)9-13(14)19-15(21)18/h8-10H,2-7H2,1H3,(H2,18,19). The summed E-state index contributed by atoms with van der Waals surface area (Å²) in [6.07, 6.45) is 5.18. The van der Waals surface area contributed by atoms with Gasteiger partial charge in [0.2, 0.25) is 5.95 Å². The van der Waals surface area contributed by atoms with Crippen molar-refractivity contribution in [1.82, 2.24) is 14.5 Å². The topological polar surface area (TPSA) is 47.1 Å². The van der Waals surface area contributed by atoms with Gasteiger partial charge in [-0.1, -0.05) is 24.4 Å². The third-order valence-electron chi connectivity index (χ3n) is 4.44. The number of hydrogen-bond donors (Lipinski definition) is 1. The first-order valence-corrected chi connectivity index (χ1v) is 7.75. The third kappa shape index (κ3) is 2.85. The van der Waals surface area contributed by atoms with E-state index in [1.165, 1.54) is 31.7 Å². The van der Waals surface area contributed by atoms with E-state index in [4.69, 9.17) is 17.3 Å². The molecule has 0 saturated heterocycles. The Morgan fingerprint density at radius 3 is 2.86 bits per heavy atom. The molecule has 0 amide bonds. The summed E-state index contributed by atoms with van der Waals surface area (Å²) in [6.45, 7) is 1.63. The van der Waals surface area contributed by atoms with E-state index in [9.17, 15) is 4.39 Å². The third-order valence-corrected chi connectivity index (χ3v) is 4.73. The fraction of sp³-hybridized carbons (Fsp3) is 0.533. The van der Waals surface area contributed by atoms with Crippen LogP contribution in [0.3, 0.4) is 0 Å². The number of nitrogens with two attached hydrogens (primary N) is 1. The number of halogens is 2. The fourth-order valence-electron chi connectivity index (χ4n) is 3.16. The number of imidazole rings is 1. The van der Waals surface area contributed by atoms with Crippen LogP contribution in [-0.4, -0.2) is 34.1 Å². The van der Waals surface area contributed by atoms with Gasteiger partial charge >= 0.3 is 0 Å². The van der Waals surface area contributed by atoms with E-state index in [2.05, 4.69) is 16.9 Å². The zero-order valence-corrected chi connectivity index (χ0v) is 12.9. The summed E-state index contributed by atoms with van der Waals surface area (Å²) in [5, 5.41) is 0.104. The average molecular weight is 311 g/mol. The number of nitrogen functional groups attached to an aromatic ring is 1. The lowest BCUT2D eigenvalue weighted by Crippen LogP contribution is -2.32. The molecular formula is C15H20ClFN4. The Hall–Kier alpha value is -1.33. The molecular weight excluding hydrogens is 291 g/mol. The van der Waals surface area contributed by atoms with Crippen molar-refractivity contribution in [3.8, 4) is 0 Å². The second-order valence-corrected chi connectivity index (χ2v) is 6.20. The van der Waals surface area contributed by atoms with E-state index >= 15 is 0 Å². The molecule has 1 aliphatic rings. The monoisotopic (exact) mass is 310 g/mol. The minimum absolute atomic E-state index is 0.104. The molecule has 1 aromatic carbocycles. The number of likely N-dealkylation sites (N-methyl/N-ethyl adjacent to an activating group) is 1. The molecule has 1 heterocycles. The van der Waals surface area contributed by atoms with Crippen molar-refractivity contribution in [2.75, 3.05) is 19.3 Å². The molecule has 21 heavy (non-hydrogen) atoms. The summed E-state index contributed by atoms with van der Waals surface area (Å²) in [5.74, 6) is -0.0524. The molecule has 0 aliphatic heterocycles. The van der Waals surface area contributed by atoms with Crippen molar-refractivity contribution in [2.24, 2.45) is 0 Å². The Labute approximate surface area is 128 Å². The van der Waals surface area contributed by atoms with Crippen LogP contribution in [0.5, 0.6) is 0 Å². The first-order chi connectivity index (χ1) is 10.1. The van der Waals surface area contributed by atoms with Crippen LogP contribution >= 0.6 is 11.6 Å². The van der Waals surface area contributed by atoms with E-state index in [-0.39, 0.29) is 5.02 Å². The minimum atomic E-state index is -0.461. The van der Waals surface area contributed by atoms with Crippen molar-refractivity contribution >= 4 is 28.6 Å². The second-order valence-electron chi connectivity index (χ2n) is 5.80. The Morgan fingerprint density at radius 2 is 2.14 bits per heavy atom. The Balaban J connectivity index is 1.80. The van der Waals surface area contributed by atoms with Crippen LogP contribution in [0, 0.1) is 5.82 Å². The Morgan fingerprint density at radius 1 is 1.43 bits per heavy atom. The zero-order valence-electron chi connectivity index (χ0n) is 12.1. The molecule has 114 valence electrons. The second kappa shape index (κ2) is 5.81. The van der Waals surface area contributed by atoms with Gasteiger partial charge in [0.05, 0.1) is 16.1 Å². The van der Waals surface area contributed by atoms with Crippen LogP contribution in [0.15, 0.2) is 12.1 Å². The minimum Gasteiger partial charge on any atom is -0.369 e. The summed E-state index contributed by atoms with van der Waals surface area (Å²) in [7, 11) is 2.15. The van der Waals surface area contributed by atoms with Gasteiger partial charge in [-0.15, -0.1) is 0 Å². The van der Waals surface area contributed by atoms with Crippen LogP contribution < -0.4 is 5.73 Å². The number of rotatable bonds is 4. The molecule has 0 unspecified atom stereocenters. The average Bonchev–Trinajstić information content (AvgIpc) is 3.06. The molecule has 1 aliphatic carbocycles. The van der Waals surface area contributed by atoms with Crippen LogP contribution in [0.25, 0.3) is 11.0 Å². The number of fused-ring (bicyclic) bond motifs is 1. The molecule has 3 rings (SSSR count). The molecule has 1 fully saturated rings. The van der Waals surface area contributed by atoms with Crippen molar-refractivity contribution in [3.05, 3.63) is 23.0 Å². The van der Waals surface area contributed by atoms with Crippen molar-refractivity contribution < 1.29 is 4.39 Å². The lowest BCUT2D eigenvalue weighted by atomic mass is 10.2. The smallest absolute Gasteiger partial charge is 0.201 e. The molecule has 2 N–H and O–H groups in total. The lowest BCUT2D eigenvalue weighted by molar-refractivity contribution is 0.238.